The maximum Gasteiger partial charge on any atom is 0.258 e. The molecule has 0 saturated heterocycles. The van der Waals surface area contributed by atoms with Gasteiger partial charge in [-0.25, -0.2) is 14.7 Å². The summed E-state index contributed by atoms with van der Waals surface area (Å²) >= 11 is 0. The van der Waals surface area contributed by atoms with E-state index in [-0.39, 0.29) is 46.6 Å². The molecule has 6 aromatic rings. The molecule has 3 aliphatic rings. The minimum absolute atomic E-state index is 0. The molecule has 0 radical (unpaired) electrons. The van der Waals surface area contributed by atoms with Gasteiger partial charge in [0.1, 0.15) is 60.9 Å². The van der Waals surface area contributed by atoms with Crippen LogP contribution in [-0.4, -0.2) is 72.1 Å². The molecule has 0 saturated carbocycles. The van der Waals surface area contributed by atoms with E-state index in [4.69, 9.17) is 41.3 Å². The first kappa shape index (κ1) is 64.9. The Kier molecular flexibility index (Phi) is 22.2. The fraction of sp³-hybridized carbons (Fsp3) is 0.152. The first-order valence-electron chi connectivity index (χ1n) is 26.1. The summed E-state index contributed by atoms with van der Waals surface area (Å²) in [4.78, 5) is 75.4. The van der Waals surface area contributed by atoms with Gasteiger partial charge in [0.05, 0.1) is 28.4 Å². The van der Waals surface area contributed by atoms with E-state index in [0.717, 1.165) is 37.0 Å². The monoisotopic (exact) mass is 1150 g/mol. The number of carbonyl (C=O) groups is 6. The third kappa shape index (κ3) is 16.0. The summed E-state index contributed by atoms with van der Waals surface area (Å²) < 4.78 is 22.5. The number of phenols is 2. The van der Waals surface area contributed by atoms with Crippen molar-refractivity contribution in [2.45, 2.75) is 38.5 Å². The van der Waals surface area contributed by atoms with Gasteiger partial charge < -0.3 is 46.4 Å². The molecule has 6 aromatic carbocycles. The average Bonchev–Trinajstić information content (AvgIpc) is 3.30. The van der Waals surface area contributed by atoms with E-state index in [1.54, 1.807) is 78.9 Å². The van der Waals surface area contributed by atoms with Gasteiger partial charge in [-0.05, 0) is 95.1 Å². The van der Waals surface area contributed by atoms with Crippen LogP contribution in [0.5, 0.6) is 34.5 Å². The highest BCUT2D eigenvalue weighted by molar-refractivity contribution is 6.30. The number of halogens is 1. The number of aromatic hydroxyl groups is 2. The van der Waals surface area contributed by atoms with E-state index in [1.807, 2.05) is 62.4 Å². The van der Waals surface area contributed by atoms with Crippen molar-refractivity contribution in [2.75, 3.05) is 58.3 Å². The molecule has 0 aromatic heterocycles. The minimum Gasteiger partial charge on any atom is -0.508 e. The van der Waals surface area contributed by atoms with Crippen molar-refractivity contribution in [1.82, 2.24) is 0 Å². The molecule has 440 valence electrons. The lowest BCUT2D eigenvalue weighted by molar-refractivity contribution is -0.121. The Morgan fingerprint density at radius 1 is 0.412 bits per heavy atom. The molecule has 3 heterocycles. The third-order valence-corrected chi connectivity index (χ3v) is 13.1. The van der Waals surface area contributed by atoms with Crippen molar-refractivity contribution < 1.29 is 62.6 Å². The third-order valence-electron chi connectivity index (χ3n) is 13.1. The molecule has 19 heteroatoms. The second-order valence-corrected chi connectivity index (χ2v) is 19.7. The number of nitrogen functional groups attached to an aromatic ring is 3. The predicted molar refractivity (Wildman–Crippen MR) is 330 cm³/mol. The number of amides is 6. The number of rotatable bonds is 19. The van der Waals surface area contributed by atoms with Crippen molar-refractivity contribution in [1.29, 1.82) is 0 Å². The first-order chi connectivity index (χ1) is 40.0. The zero-order chi connectivity index (χ0) is 61.3. The van der Waals surface area contributed by atoms with Gasteiger partial charge in [-0.2, -0.15) is 0 Å². The van der Waals surface area contributed by atoms with Crippen LogP contribution in [-0.2, 0) is 39.6 Å². The number of carbonyl (C=O) groups excluding carboxylic acids is 6. The zero-order valence-corrected chi connectivity index (χ0v) is 47.4. The van der Waals surface area contributed by atoms with Crippen LogP contribution in [0.4, 0.5) is 38.8 Å². The Hall–Kier alpha value is -11.0. The summed E-state index contributed by atoms with van der Waals surface area (Å²) in [6.07, 6.45) is 13.8. The number of ether oxygens (including phenoxy) is 4. The molecule has 0 atom stereocenters. The molecule has 0 bridgehead atoms. The number of imide groups is 3. The van der Waals surface area contributed by atoms with Gasteiger partial charge in [0.2, 0.25) is 0 Å². The summed E-state index contributed by atoms with van der Waals surface area (Å²) in [6.45, 7) is 24.0. The Bertz CT molecular complexity index is 3390. The molecule has 3 aliphatic heterocycles. The van der Waals surface area contributed by atoms with E-state index in [1.165, 1.54) is 54.7 Å². The fourth-order valence-electron chi connectivity index (χ4n) is 8.56. The number of hydrogen-bond acceptors (Lipinski definition) is 15. The highest BCUT2D eigenvalue weighted by Gasteiger charge is 2.34. The van der Waals surface area contributed by atoms with E-state index in [9.17, 15) is 33.9 Å². The van der Waals surface area contributed by atoms with Gasteiger partial charge in [-0.1, -0.05) is 115 Å². The van der Waals surface area contributed by atoms with Crippen LogP contribution in [0.3, 0.4) is 0 Å². The number of nitrogens with zero attached hydrogens (tertiary/aromatic N) is 3. The minimum atomic E-state index is -0.685. The average molecular weight is 1160 g/mol. The van der Waals surface area contributed by atoms with Crippen molar-refractivity contribution >= 4 is 69.6 Å². The van der Waals surface area contributed by atoms with Crippen LogP contribution < -0.4 is 50.8 Å². The van der Waals surface area contributed by atoms with Crippen LogP contribution in [0.25, 0.3) is 0 Å². The maximum atomic E-state index is 12.5. The van der Waals surface area contributed by atoms with Gasteiger partial charge in [0.15, 0.2) is 0 Å². The molecule has 0 spiro atoms. The summed E-state index contributed by atoms with van der Waals surface area (Å²) in [7, 11) is 0. The standard InChI is InChI=1S/C29H26N2O6.C21H26N2O2.C10H7NO3.C6H7NO.FH/c1-5-15-36-23-9-7-19(17-21(23)30-25(32)11-12-26(30)33)29(3,4)20-8-10-24(37-16-6-2)22(18-20)31-27(34)13-14-28(31)35;1-5-11-24-19-9-7-15(13-17(19)22)21(3,4)16-8-10-20(18(23)14-16)25-12-6-2;12-8-3-1-2-7(6-8)11-9(13)4-5-10(11)14;7-5-2-1-3-6(8)4-5;/h5-14,17-18H,1-2,15-16H2,3-4H3;5-10,13-14H,1-2,11-12,22-23H2,3-4H3;1-6,12H;1-4,8H,7H2;1H. The molecule has 6 amide bonds. The molecule has 0 aliphatic carbocycles. The van der Waals surface area contributed by atoms with Crippen LogP contribution in [0.15, 0.2) is 208 Å². The SMILES string of the molecule is C=CCOc1ccc(C(C)(C)c2ccc(OCC=C)c(N)c2)cc1N.C=CCOc1ccc(C(C)(C)c2ccc(OCC=C)c(N3C(=O)C=CC3=O)c2)cc1N1C(=O)C=CC1=O.F.Nc1cccc(O)c1.O=C1C=CC(=O)N1c1cccc(O)c1. The lowest BCUT2D eigenvalue weighted by Gasteiger charge is -2.30. The number of hydrogen-bond donors (Lipinski definition) is 5. The van der Waals surface area contributed by atoms with Crippen molar-refractivity contribution in [3.63, 3.8) is 0 Å². The molecule has 0 fully saturated rings. The van der Waals surface area contributed by atoms with Crippen molar-refractivity contribution in [3.8, 4) is 34.5 Å². The van der Waals surface area contributed by atoms with Gasteiger partial charge in [-0.15, -0.1) is 0 Å². The van der Waals surface area contributed by atoms with Gasteiger partial charge in [0, 0.05) is 65.1 Å². The summed E-state index contributed by atoms with van der Waals surface area (Å²) in [5, 5.41) is 17.9. The Morgan fingerprint density at radius 2 is 0.718 bits per heavy atom. The van der Waals surface area contributed by atoms with Crippen LogP contribution in [0, 0.1) is 0 Å². The summed E-state index contributed by atoms with van der Waals surface area (Å²) in [5.41, 5.74) is 23.1. The highest BCUT2D eigenvalue weighted by Crippen LogP contribution is 2.43. The van der Waals surface area contributed by atoms with Crippen molar-refractivity contribution in [2.24, 2.45) is 0 Å². The Balaban J connectivity index is 0.000000235. The van der Waals surface area contributed by atoms with E-state index in [0.29, 0.717) is 70.3 Å². The number of nitrogens with two attached hydrogens (primary N) is 3. The second-order valence-electron chi connectivity index (χ2n) is 19.7. The molecular weight excluding hydrogens is 1090 g/mol. The van der Waals surface area contributed by atoms with E-state index < -0.39 is 29.0 Å². The van der Waals surface area contributed by atoms with Crippen molar-refractivity contribution in [3.05, 3.63) is 231 Å². The molecule has 0 unspecified atom stereocenters. The molecule has 9 rings (SSSR count). The van der Waals surface area contributed by atoms with Gasteiger partial charge in [-0.3, -0.25) is 33.5 Å². The van der Waals surface area contributed by atoms with E-state index >= 15 is 0 Å². The topological polar surface area (TPSA) is 268 Å². The van der Waals surface area contributed by atoms with Crippen LogP contribution in [0.2, 0.25) is 0 Å². The summed E-state index contributed by atoms with van der Waals surface area (Å²) in [6, 6.07) is 34.8. The highest BCUT2D eigenvalue weighted by atomic mass is 19.0. The quantitative estimate of drug-likeness (QED) is 0.0287. The van der Waals surface area contributed by atoms with Gasteiger partial charge in [0.25, 0.3) is 35.4 Å². The predicted octanol–water partition coefficient (Wildman–Crippen LogP) is 10.3. The normalized spacial score (nSPS) is 13.2. The van der Waals surface area contributed by atoms with Crippen LogP contribution >= 0.6 is 0 Å². The molecule has 8 N–H and O–H groups in total. The van der Waals surface area contributed by atoms with E-state index in [2.05, 4.69) is 40.2 Å². The smallest absolute Gasteiger partial charge is 0.258 e. The number of benzene rings is 6. The lowest BCUT2D eigenvalue weighted by atomic mass is 9.77. The summed E-state index contributed by atoms with van der Waals surface area (Å²) in [5.74, 6) is -0.363. The second kappa shape index (κ2) is 29.2. The van der Waals surface area contributed by atoms with Gasteiger partial charge >= 0.3 is 0 Å². The zero-order valence-electron chi connectivity index (χ0n) is 47.4. The Labute approximate surface area is 492 Å². The molecule has 85 heavy (non-hydrogen) atoms. The molecule has 18 nitrogen and oxygen atoms in total. The Morgan fingerprint density at radius 3 is 1.02 bits per heavy atom. The largest absolute Gasteiger partial charge is 0.508 e. The lowest BCUT2D eigenvalue weighted by Crippen LogP contribution is -2.31. The first-order valence-corrected chi connectivity index (χ1v) is 26.1. The fourth-order valence-corrected chi connectivity index (χ4v) is 8.56. The number of anilines is 6. The number of phenolic OH excluding ortho intramolecular Hbond substituents is 2. The molecular formula is C66H67FN6O12. The maximum absolute atomic E-state index is 12.5. The van der Waals surface area contributed by atoms with Crippen LogP contribution in [0.1, 0.15) is 49.9 Å².